The second-order valence-electron chi connectivity index (χ2n) is 6.32. The molecule has 22 heavy (non-hydrogen) atoms. The Kier molecular flexibility index (Phi) is 4.25. The molecule has 1 aliphatic heterocycles. The lowest BCUT2D eigenvalue weighted by molar-refractivity contribution is -0.942. The third-order valence-corrected chi connectivity index (χ3v) is 4.66. The van der Waals surface area contributed by atoms with Crippen molar-refractivity contribution in [2.75, 3.05) is 13.1 Å². The van der Waals surface area contributed by atoms with E-state index in [1.165, 1.54) is 31.5 Å². The fourth-order valence-electron chi connectivity index (χ4n) is 3.61. The van der Waals surface area contributed by atoms with Gasteiger partial charge in [-0.25, -0.2) is 0 Å². The molecule has 1 aliphatic rings. The van der Waals surface area contributed by atoms with Crippen molar-refractivity contribution in [2.45, 2.75) is 25.9 Å². The zero-order valence-electron chi connectivity index (χ0n) is 12.9. The van der Waals surface area contributed by atoms with Gasteiger partial charge in [-0.05, 0) is 6.07 Å². The maximum Gasteiger partial charge on any atom is 0.249 e. The van der Waals surface area contributed by atoms with E-state index in [2.05, 4.69) is 30.3 Å². The number of carbonyl (C=O) groups excluding carboxylic acids is 1. The third-order valence-electron chi connectivity index (χ3n) is 4.66. The van der Waals surface area contributed by atoms with E-state index in [4.69, 9.17) is 5.73 Å². The highest BCUT2D eigenvalue weighted by Gasteiger charge is 2.33. The van der Waals surface area contributed by atoms with Crippen LogP contribution in [0.5, 0.6) is 0 Å². The van der Waals surface area contributed by atoms with Crippen LogP contribution in [0.25, 0.3) is 0 Å². The van der Waals surface area contributed by atoms with Crippen molar-refractivity contribution >= 4 is 5.91 Å². The molecule has 1 saturated heterocycles. The van der Waals surface area contributed by atoms with Crippen LogP contribution in [-0.4, -0.2) is 23.5 Å². The average molecular weight is 295 g/mol. The number of nitrogens with two attached hydrogens (primary N) is 1. The van der Waals surface area contributed by atoms with Crippen LogP contribution in [-0.2, 0) is 13.1 Å². The van der Waals surface area contributed by atoms with Crippen molar-refractivity contribution in [1.82, 2.24) is 0 Å². The normalized spacial score (nSPS) is 16.5. The number of likely N-dealkylation sites (tertiary alicyclic amines) is 1. The molecule has 1 heterocycles. The molecule has 114 valence electrons. The summed E-state index contributed by atoms with van der Waals surface area (Å²) in [6.07, 6.45) is 2.51. The maximum atomic E-state index is 11.7. The number of hydrogen-bond acceptors (Lipinski definition) is 1. The second kappa shape index (κ2) is 6.32. The van der Waals surface area contributed by atoms with Crippen LogP contribution in [0.4, 0.5) is 0 Å². The summed E-state index contributed by atoms with van der Waals surface area (Å²) >= 11 is 0. The van der Waals surface area contributed by atoms with Crippen LogP contribution < -0.4 is 5.73 Å². The van der Waals surface area contributed by atoms with Gasteiger partial charge >= 0.3 is 0 Å². The molecule has 2 aromatic rings. The van der Waals surface area contributed by atoms with Crippen molar-refractivity contribution in [3.8, 4) is 0 Å². The molecule has 0 aromatic heterocycles. The van der Waals surface area contributed by atoms with Gasteiger partial charge in [-0.1, -0.05) is 48.5 Å². The predicted molar refractivity (Wildman–Crippen MR) is 88.0 cm³/mol. The minimum absolute atomic E-state index is 0.326. The fourth-order valence-corrected chi connectivity index (χ4v) is 3.61. The molecule has 2 N–H and O–H groups in total. The summed E-state index contributed by atoms with van der Waals surface area (Å²) < 4.78 is 1.02. The summed E-state index contributed by atoms with van der Waals surface area (Å²) in [6, 6.07) is 18.4. The Bertz CT molecular complexity index is 645. The molecule has 0 bridgehead atoms. The number of quaternary nitrogens is 1. The molecule has 1 amide bonds. The Balaban J connectivity index is 1.88. The van der Waals surface area contributed by atoms with Crippen molar-refractivity contribution in [1.29, 1.82) is 0 Å². The first kappa shape index (κ1) is 14.8. The van der Waals surface area contributed by atoms with E-state index in [1.807, 2.05) is 24.3 Å². The first-order chi connectivity index (χ1) is 10.7. The van der Waals surface area contributed by atoms with Gasteiger partial charge in [-0.3, -0.25) is 4.79 Å². The zero-order valence-corrected chi connectivity index (χ0v) is 12.9. The van der Waals surface area contributed by atoms with Gasteiger partial charge in [0.05, 0.1) is 13.1 Å². The standard InChI is InChI=1S/C19H22N2O/c20-19(22)18-11-5-4-10-17(18)15-21(12-6-7-13-21)14-16-8-2-1-3-9-16/h1-5,8-11H,6-7,12-15H2,(H-,20,22)/p+1. The largest absolute Gasteiger partial charge is 0.366 e. The highest BCUT2D eigenvalue weighted by molar-refractivity contribution is 5.94. The van der Waals surface area contributed by atoms with Gasteiger partial charge in [0.25, 0.3) is 0 Å². The van der Waals surface area contributed by atoms with E-state index in [0.717, 1.165) is 23.1 Å². The lowest BCUT2D eigenvalue weighted by Crippen LogP contribution is -2.44. The molecule has 3 nitrogen and oxygen atoms in total. The molecule has 0 aliphatic carbocycles. The van der Waals surface area contributed by atoms with Gasteiger partial charge in [0, 0.05) is 29.5 Å². The van der Waals surface area contributed by atoms with Crippen LogP contribution in [0.1, 0.15) is 34.3 Å². The van der Waals surface area contributed by atoms with Crippen molar-refractivity contribution in [2.24, 2.45) is 5.73 Å². The Morgan fingerprint density at radius 1 is 0.909 bits per heavy atom. The SMILES string of the molecule is NC(=O)c1ccccc1C[N+]1(Cc2ccccc2)CCCC1. The molecule has 0 saturated carbocycles. The molecule has 0 spiro atoms. The zero-order chi connectivity index (χ0) is 15.4. The lowest BCUT2D eigenvalue weighted by atomic mass is 10.0. The van der Waals surface area contributed by atoms with E-state index in [9.17, 15) is 4.79 Å². The van der Waals surface area contributed by atoms with Gasteiger partial charge in [0.15, 0.2) is 0 Å². The van der Waals surface area contributed by atoms with Gasteiger partial charge < -0.3 is 10.2 Å². The third kappa shape index (κ3) is 3.20. The molecule has 3 heteroatoms. The number of rotatable bonds is 5. The summed E-state index contributed by atoms with van der Waals surface area (Å²) in [5, 5.41) is 0. The van der Waals surface area contributed by atoms with Gasteiger partial charge in [0.1, 0.15) is 13.1 Å². The van der Waals surface area contributed by atoms with Gasteiger partial charge in [-0.2, -0.15) is 0 Å². The maximum absolute atomic E-state index is 11.7. The van der Waals surface area contributed by atoms with Gasteiger partial charge in [0.2, 0.25) is 5.91 Å². The molecule has 2 aromatic carbocycles. The first-order valence-electron chi connectivity index (χ1n) is 7.95. The Labute approximate surface area is 132 Å². The Morgan fingerprint density at radius 2 is 1.55 bits per heavy atom. The number of amides is 1. The molecular formula is C19H23N2O+. The lowest BCUT2D eigenvalue weighted by Gasteiger charge is -2.35. The number of primary amides is 1. The second-order valence-corrected chi connectivity index (χ2v) is 6.32. The minimum Gasteiger partial charge on any atom is -0.366 e. The first-order valence-corrected chi connectivity index (χ1v) is 7.95. The Hall–Kier alpha value is -2.13. The molecule has 0 radical (unpaired) electrons. The van der Waals surface area contributed by atoms with Crippen LogP contribution in [0.3, 0.4) is 0 Å². The Morgan fingerprint density at radius 3 is 2.23 bits per heavy atom. The van der Waals surface area contributed by atoms with Crippen molar-refractivity contribution < 1.29 is 9.28 Å². The van der Waals surface area contributed by atoms with E-state index < -0.39 is 0 Å². The predicted octanol–water partition coefficient (Wildman–Crippen LogP) is 3.10. The van der Waals surface area contributed by atoms with Gasteiger partial charge in [-0.15, -0.1) is 0 Å². The number of carbonyl (C=O) groups is 1. The van der Waals surface area contributed by atoms with Crippen molar-refractivity contribution in [3.63, 3.8) is 0 Å². The van der Waals surface area contributed by atoms with Crippen LogP contribution in [0, 0.1) is 0 Å². The topological polar surface area (TPSA) is 43.1 Å². The highest BCUT2D eigenvalue weighted by atomic mass is 16.1. The van der Waals surface area contributed by atoms with Crippen LogP contribution >= 0.6 is 0 Å². The van der Waals surface area contributed by atoms with E-state index in [1.54, 1.807) is 0 Å². The number of benzene rings is 2. The van der Waals surface area contributed by atoms with E-state index in [0.29, 0.717) is 5.56 Å². The quantitative estimate of drug-likeness (QED) is 0.846. The average Bonchev–Trinajstić information content (AvgIpc) is 2.97. The minimum atomic E-state index is -0.326. The molecular weight excluding hydrogens is 272 g/mol. The fraction of sp³-hybridized carbons (Fsp3) is 0.316. The van der Waals surface area contributed by atoms with Crippen LogP contribution in [0.2, 0.25) is 0 Å². The monoisotopic (exact) mass is 295 g/mol. The molecule has 1 fully saturated rings. The molecule has 0 atom stereocenters. The van der Waals surface area contributed by atoms with E-state index >= 15 is 0 Å². The number of nitrogens with zero attached hydrogens (tertiary/aromatic N) is 1. The summed E-state index contributed by atoms with van der Waals surface area (Å²) in [6.45, 7) is 4.24. The number of hydrogen-bond donors (Lipinski definition) is 1. The van der Waals surface area contributed by atoms with Crippen LogP contribution in [0.15, 0.2) is 54.6 Å². The molecule has 3 rings (SSSR count). The summed E-state index contributed by atoms with van der Waals surface area (Å²) in [5.74, 6) is -0.326. The summed E-state index contributed by atoms with van der Waals surface area (Å²) in [7, 11) is 0. The molecule has 0 unspecified atom stereocenters. The highest BCUT2D eigenvalue weighted by Crippen LogP contribution is 2.27. The van der Waals surface area contributed by atoms with E-state index in [-0.39, 0.29) is 5.91 Å². The smallest absolute Gasteiger partial charge is 0.249 e. The van der Waals surface area contributed by atoms with Crippen molar-refractivity contribution in [3.05, 3.63) is 71.3 Å². The summed E-state index contributed by atoms with van der Waals surface area (Å²) in [5.41, 5.74) is 8.64. The summed E-state index contributed by atoms with van der Waals surface area (Å²) in [4.78, 5) is 11.7.